The number of H-pyrrole nitrogens is 1. The first-order valence-electron chi connectivity index (χ1n) is 23.1. The van der Waals surface area contributed by atoms with E-state index in [1.165, 1.54) is 77.0 Å². The van der Waals surface area contributed by atoms with Crippen LogP contribution in [-0.4, -0.2) is 72.5 Å². The summed E-state index contributed by atoms with van der Waals surface area (Å²) in [6.07, 6.45) is 27.5. The van der Waals surface area contributed by atoms with Crippen LogP contribution in [0.1, 0.15) is 172 Å². The van der Waals surface area contributed by atoms with Crippen molar-refractivity contribution in [2.45, 2.75) is 185 Å². The zero-order valence-corrected chi connectivity index (χ0v) is 39.0. The number of rotatable bonds is 32. The lowest BCUT2D eigenvalue weighted by Gasteiger charge is -2.30. The lowest BCUT2D eigenvalue weighted by Crippen LogP contribution is -2.38. The van der Waals surface area contributed by atoms with Gasteiger partial charge in [-0.2, -0.15) is 4.63 Å². The van der Waals surface area contributed by atoms with Gasteiger partial charge in [0.05, 0.1) is 53.6 Å². The van der Waals surface area contributed by atoms with Crippen molar-refractivity contribution in [2.24, 2.45) is 5.92 Å². The second-order valence-electron chi connectivity index (χ2n) is 16.5. The third-order valence-electron chi connectivity index (χ3n) is 11.1. The van der Waals surface area contributed by atoms with Crippen LogP contribution >= 0.6 is 11.8 Å². The SMILES string of the molecule is CCCCCCCC/C=C\CCCCCCCCOC(=O)[C@@H]1CCCCC1OCNCCS(=O)(=O)NC(C)c1nc2c(Sc3cc(C)ccc3OCCCC)c(C)[nH]n2n1. The van der Waals surface area contributed by atoms with Crippen LogP contribution in [-0.2, 0) is 24.3 Å². The Morgan fingerprint density at radius 3 is 2.35 bits per heavy atom. The zero-order valence-electron chi connectivity index (χ0n) is 37.4. The number of unbranched alkanes of at least 4 members (excludes halogenated alkanes) is 13. The first-order valence-corrected chi connectivity index (χ1v) is 25.6. The highest BCUT2D eigenvalue weighted by Gasteiger charge is 2.33. The van der Waals surface area contributed by atoms with E-state index in [2.05, 4.69) is 59.2 Å². The summed E-state index contributed by atoms with van der Waals surface area (Å²) in [4.78, 5) is 19.6. The maximum Gasteiger partial charge on any atom is 0.311 e. The third-order valence-corrected chi connectivity index (χ3v) is 13.8. The molecule has 0 spiro atoms. The molecule has 2 unspecified atom stereocenters. The highest BCUT2D eigenvalue weighted by Crippen LogP contribution is 2.39. The number of aromatic amines is 1. The summed E-state index contributed by atoms with van der Waals surface area (Å²) in [5.41, 5.74) is 2.66. The van der Waals surface area contributed by atoms with Crippen LogP contribution < -0.4 is 14.8 Å². The van der Waals surface area contributed by atoms with Gasteiger partial charge in [-0.1, -0.05) is 121 Å². The molecule has 2 aromatic heterocycles. The zero-order chi connectivity index (χ0) is 43.0. The van der Waals surface area contributed by atoms with Crippen molar-refractivity contribution in [1.82, 2.24) is 29.9 Å². The van der Waals surface area contributed by atoms with E-state index >= 15 is 0 Å². The number of hydrogen-bond donors (Lipinski definition) is 3. The average molecular weight is 873 g/mol. The number of allylic oxidation sites excluding steroid dienone is 2. The number of carbonyl (C=O) groups is 1. The number of carbonyl (C=O) groups excluding carboxylic acids is 1. The Balaban J connectivity index is 1.10. The molecule has 0 saturated heterocycles. The van der Waals surface area contributed by atoms with Crippen molar-refractivity contribution in [1.29, 1.82) is 0 Å². The predicted octanol–water partition coefficient (Wildman–Crippen LogP) is 10.7. The fraction of sp³-hybridized carbons (Fsp3) is 0.717. The van der Waals surface area contributed by atoms with E-state index in [1.807, 2.05) is 19.1 Å². The number of aryl methyl sites for hydroxylation is 2. The molecule has 3 N–H and O–H groups in total. The second kappa shape index (κ2) is 27.9. The summed E-state index contributed by atoms with van der Waals surface area (Å²) < 4.78 is 48.3. The molecule has 0 amide bonds. The van der Waals surface area contributed by atoms with E-state index in [-0.39, 0.29) is 37.0 Å². The van der Waals surface area contributed by atoms with Gasteiger partial charge in [0, 0.05) is 12.2 Å². The summed E-state index contributed by atoms with van der Waals surface area (Å²) in [5, 5.41) is 10.9. The minimum Gasteiger partial charge on any atom is -0.492 e. The van der Waals surface area contributed by atoms with E-state index in [0.29, 0.717) is 24.7 Å². The number of nitrogens with zero attached hydrogens (tertiary/aromatic N) is 3. The van der Waals surface area contributed by atoms with Gasteiger partial charge in [-0.3, -0.25) is 15.2 Å². The Kier molecular flexibility index (Phi) is 23.1. The van der Waals surface area contributed by atoms with Crippen LogP contribution in [0.15, 0.2) is 40.1 Å². The number of nitrogens with one attached hydrogen (secondary N) is 3. The van der Waals surface area contributed by atoms with E-state index < -0.39 is 16.1 Å². The van der Waals surface area contributed by atoms with Gasteiger partial charge in [-0.05, 0) is 89.8 Å². The van der Waals surface area contributed by atoms with Crippen LogP contribution in [0.4, 0.5) is 0 Å². The number of aromatic nitrogens is 4. The monoisotopic (exact) mass is 873 g/mol. The van der Waals surface area contributed by atoms with Gasteiger partial charge in [0.2, 0.25) is 10.0 Å². The van der Waals surface area contributed by atoms with Gasteiger partial charge in [0.15, 0.2) is 11.5 Å². The van der Waals surface area contributed by atoms with Crippen molar-refractivity contribution in [3.8, 4) is 5.75 Å². The van der Waals surface area contributed by atoms with Crippen LogP contribution in [0.5, 0.6) is 5.75 Å². The van der Waals surface area contributed by atoms with E-state index in [0.717, 1.165) is 78.2 Å². The molecular weight excluding hydrogens is 797 g/mol. The molecule has 60 heavy (non-hydrogen) atoms. The Hall–Kier alpha value is -2.91. The minimum absolute atomic E-state index is 0.146. The van der Waals surface area contributed by atoms with Crippen molar-refractivity contribution < 1.29 is 27.4 Å². The summed E-state index contributed by atoms with van der Waals surface area (Å²) in [6, 6.07) is 5.51. The van der Waals surface area contributed by atoms with Crippen molar-refractivity contribution in [2.75, 3.05) is 32.2 Å². The number of ether oxygens (including phenoxy) is 3. The molecule has 338 valence electrons. The fourth-order valence-electron chi connectivity index (χ4n) is 7.51. The third kappa shape index (κ3) is 17.8. The van der Waals surface area contributed by atoms with E-state index in [1.54, 1.807) is 23.3 Å². The predicted molar refractivity (Wildman–Crippen MR) is 243 cm³/mol. The fourth-order valence-corrected chi connectivity index (χ4v) is 9.80. The smallest absolute Gasteiger partial charge is 0.311 e. The minimum atomic E-state index is -3.66. The molecule has 3 aromatic rings. The molecule has 3 atom stereocenters. The first-order chi connectivity index (χ1) is 29.1. The highest BCUT2D eigenvalue weighted by molar-refractivity contribution is 7.99. The van der Waals surface area contributed by atoms with Crippen LogP contribution in [0, 0.1) is 19.8 Å². The number of benzene rings is 1. The highest BCUT2D eigenvalue weighted by atomic mass is 32.2. The van der Waals surface area contributed by atoms with Gasteiger partial charge in [-0.25, -0.2) is 18.1 Å². The molecule has 1 aliphatic rings. The summed E-state index contributed by atoms with van der Waals surface area (Å²) in [6.45, 7) is 11.6. The normalized spacial score (nSPS) is 16.6. The van der Waals surface area contributed by atoms with Gasteiger partial charge in [0.1, 0.15) is 5.75 Å². The summed E-state index contributed by atoms with van der Waals surface area (Å²) >= 11 is 1.56. The van der Waals surface area contributed by atoms with Crippen LogP contribution in [0.2, 0.25) is 0 Å². The summed E-state index contributed by atoms with van der Waals surface area (Å²) in [5.74, 6) is 0.598. The van der Waals surface area contributed by atoms with Gasteiger partial charge in [-0.15, -0.1) is 5.10 Å². The van der Waals surface area contributed by atoms with E-state index in [4.69, 9.17) is 19.2 Å². The molecule has 1 aliphatic carbocycles. The quantitative estimate of drug-likeness (QED) is 0.0239. The first kappa shape index (κ1) is 49.7. The van der Waals surface area contributed by atoms with Gasteiger partial charge >= 0.3 is 5.97 Å². The van der Waals surface area contributed by atoms with Crippen LogP contribution in [0.3, 0.4) is 0 Å². The Labute approximate surface area is 365 Å². The molecule has 1 aromatic carbocycles. The standard InChI is InChI=1S/C46H76N6O6S2/c1-6-8-10-11-12-13-14-15-16-17-18-19-20-21-22-25-32-57-46(53)39-26-23-24-27-40(39)58-35-47-30-33-60(54,55)51-38(5)44-48-45-43(37(4)49-52(45)50-44)59-42-34-36(3)28-29-41(42)56-31-9-7-2/h15-16,28-29,34,38-40,47,49,51H,6-14,17-27,30-33,35H2,1-5H3/b16-15-/t38?,39-,40?/m1/s1. The Bertz CT molecular complexity index is 1810. The van der Waals surface area contributed by atoms with Gasteiger partial charge < -0.3 is 14.2 Å². The maximum absolute atomic E-state index is 13.1. The lowest BCUT2D eigenvalue weighted by atomic mass is 9.86. The molecule has 1 fully saturated rings. The maximum atomic E-state index is 13.1. The van der Waals surface area contributed by atoms with E-state index in [9.17, 15) is 13.2 Å². The molecule has 0 radical (unpaired) electrons. The topological polar surface area (TPSA) is 149 Å². The van der Waals surface area contributed by atoms with Crippen molar-refractivity contribution in [3.05, 3.63) is 47.4 Å². The number of esters is 1. The Morgan fingerprint density at radius 2 is 1.62 bits per heavy atom. The molecule has 0 aliphatic heterocycles. The molecule has 1 saturated carbocycles. The number of hydrogen-bond acceptors (Lipinski definition) is 10. The molecule has 12 nitrogen and oxygen atoms in total. The summed E-state index contributed by atoms with van der Waals surface area (Å²) in [7, 11) is -3.66. The molecule has 4 rings (SSSR count). The van der Waals surface area contributed by atoms with Crippen molar-refractivity contribution in [3.63, 3.8) is 0 Å². The lowest BCUT2D eigenvalue weighted by molar-refractivity contribution is -0.157. The number of sulfonamides is 1. The molecule has 14 heteroatoms. The van der Waals surface area contributed by atoms with Crippen LogP contribution in [0.25, 0.3) is 5.65 Å². The van der Waals surface area contributed by atoms with Gasteiger partial charge in [0.25, 0.3) is 0 Å². The second-order valence-corrected chi connectivity index (χ2v) is 19.5. The Morgan fingerprint density at radius 1 is 0.933 bits per heavy atom. The number of fused-ring (bicyclic) bond motifs is 1. The average Bonchev–Trinajstić information content (AvgIpc) is 3.77. The molecular formula is C46H76N6O6S2. The van der Waals surface area contributed by atoms with Crippen molar-refractivity contribution >= 4 is 33.4 Å². The largest absolute Gasteiger partial charge is 0.492 e. The molecule has 0 bridgehead atoms. The molecule has 2 heterocycles.